The first-order chi connectivity index (χ1) is 13.0. The van der Waals surface area contributed by atoms with Gasteiger partial charge < -0.3 is 4.74 Å². The average molecular weight is 379 g/mol. The fraction of sp³-hybridized carbons (Fsp3) is 0.304. The Balaban J connectivity index is 1.62. The number of hydrogen-bond donors (Lipinski definition) is 0. The lowest BCUT2D eigenvalue weighted by Gasteiger charge is -2.13. The van der Waals surface area contributed by atoms with Crippen molar-refractivity contribution in [3.63, 3.8) is 0 Å². The van der Waals surface area contributed by atoms with Crippen LogP contribution < -0.4 is 4.74 Å². The summed E-state index contributed by atoms with van der Waals surface area (Å²) in [6.07, 6.45) is 2.05. The van der Waals surface area contributed by atoms with Crippen LogP contribution in [-0.4, -0.2) is 16.6 Å². The molecule has 3 aromatic rings. The van der Waals surface area contributed by atoms with Crippen molar-refractivity contribution >= 4 is 11.8 Å². The van der Waals surface area contributed by atoms with E-state index in [1.54, 1.807) is 11.8 Å². The van der Waals surface area contributed by atoms with Gasteiger partial charge in [0.1, 0.15) is 5.75 Å². The van der Waals surface area contributed by atoms with Gasteiger partial charge in [-0.2, -0.15) is 0 Å². The highest BCUT2D eigenvalue weighted by atomic mass is 32.2. The zero-order valence-corrected chi connectivity index (χ0v) is 17.3. The van der Waals surface area contributed by atoms with E-state index in [1.165, 1.54) is 21.6 Å². The summed E-state index contributed by atoms with van der Waals surface area (Å²) in [7, 11) is 0. The fourth-order valence-electron chi connectivity index (χ4n) is 3.10. The zero-order valence-electron chi connectivity index (χ0n) is 16.5. The molecule has 0 fully saturated rings. The summed E-state index contributed by atoms with van der Waals surface area (Å²) in [5.74, 6) is 0.934. The minimum absolute atomic E-state index is 0.723. The van der Waals surface area contributed by atoms with Gasteiger partial charge in [-0.25, -0.2) is 9.97 Å². The number of ether oxygens (including phenoxy) is 1. The Bertz CT molecular complexity index is 866. The van der Waals surface area contributed by atoms with Crippen LogP contribution in [-0.2, 0) is 6.42 Å². The summed E-state index contributed by atoms with van der Waals surface area (Å²) in [5.41, 5.74) is 5.74. The van der Waals surface area contributed by atoms with E-state index in [0.717, 1.165) is 41.7 Å². The summed E-state index contributed by atoms with van der Waals surface area (Å²) >= 11 is 1.63. The van der Waals surface area contributed by atoms with Crippen molar-refractivity contribution < 1.29 is 4.74 Å². The Hall–Kier alpha value is -2.33. The van der Waals surface area contributed by atoms with Gasteiger partial charge in [0, 0.05) is 16.3 Å². The summed E-state index contributed by atoms with van der Waals surface area (Å²) in [6, 6.07) is 16.8. The molecule has 0 bridgehead atoms. The fourth-order valence-corrected chi connectivity index (χ4v) is 4.10. The van der Waals surface area contributed by atoms with E-state index in [9.17, 15) is 0 Å². The first kappa shape index (κ1) is 19.4. The van der Waals surface area contributed by atoms with Crippen LogP contribution in [0.2, 0.25) is 0 Å². The first-order valence-electron chi connectivity index (χ1n) is 9.29. The standard InChI is InChI=1S/C23H26N2OS/c1-16-13-21(26-12-8-11-20-9-6-5-7-10-20)14-17(2)22(16)27-23-24-18(3)15-19(4)25-23/h5-7,9-10,13-15H,8,11-12H2,1-4H3. The van der Waals surface area contributed by atoms with Crippen LogP contribution >= 0.6 is 11.8 Å². The van der Waals surface area contributed by atoms with Crippen LogP contribution in [0.25, 0.3) is 0 Å². The maximum Gasteiger partial charge on any atom is 0.192 e. The van der Waals surface area contributed by atoms with Crippen molar-refractivity contribution in [1.29, 1.82) is 0 Å². The second kappa shape index (κ2) is 9.05. The van der Waals surface area contributed by atoms with Crippen LogP contribution in [0.4, 0.5) is 0 Å². The average Bonchev–Trinajstić information content (AvgIpc) is 2.62. The van der Waals surface area contributed by atoms with Gasteiger partial charge in [0.15, 0.2) is 5.16 Å². The number of aromatic nitrogens is 2. The molecule has 1 heterocycles. The molecule has 0 aliphatic carbocycles. The summed E-state index contributed by atoms with van der Waals surface area (Å²) < 4.78 is 5.99. The molecule has 140 valence electrons. The second-order valence-corrected chi connectivity index (χ2v) is 7.84. The molecule has 2 aromatic carbocycles. The molecule has 4 heteroatoms. The molecule has 1 aromatic heterocycles. The van der Waals surface area contributed by atoms with Crippen molar-refractivity contribution in [2.75, 3.05) is 6.61 Å². The third-order valence-electron chi connectivity index (χ3n) is 4.31. The van der Waals surface area contributed by atoms with Crippen LogP contribution in [0.3, 0.4) is 0 Å². The molecule has 0 spiro atoms. The molecule has 0 aliphatic rings. The van der Waals surface area contributed by atoms with Crippen LogP contribution in [0, 0.1) is 27.7 Å². The highest BCUT2D eigenvalue weighted by molar-refractivity contribution is 7.99. The van der Waals surface area contributed by atoms with Crippen LogP contribution in [0.5, 0.6) is 5.75 Å². The van der Waals surface area contributed by atoms with Crippen LogP contribution in [0.1, 0.15) is 34.5 Å². The van der Waals surface area contributed by atoms with E-state index < -0.39 is 0 Å². The maximum absolute atomic E-state index is 5.99. The Kier molecular flexibility index (Phi) is 6.51. The minimum Gasteiger partial charge on any atom is -0.494 e. The Morgan fingerprint density at radius 1 is 0.852 bits per heavy atom. The van der Waals surface area contributed by atoms with Gasteiger partial charge in [-0.05, 0) is 87.2 Å². The molecule has 0 N–H and O–H groups in total. The number of aryl methyl sites for hydroxylation is 5. The Labute approximate surface area is 166 Å². The van der Waals surface area contributed by atoms with Crippen molar-refractivity contribution in [3.05, 3.63) is 76.6 Å². The first-order valence-corrected chi connectivity index (χ1v) is 10.1. The topological polar surface area (TPSA) is 35.0 Å². The molecule has 0 atom stereocenters. The molecule has 3 rings (SSSR count). The van der Waals surface area contributed by atoms with E-state index in [2.05, 4.69) is 60.2 Å². The molecule has 0 saturated carbocycles. The van der Waals surface area contributed by atoms with E-state index in [-0.39, 0.29) is 0 Å². The smallest absolute Gasteiger partial charge is 0.192 e. The van der Waals surface area contributed by atoms with Gasteiger partial charge in [-0.15, -0.1) is 0 Å². The number of rotatable bonds is 7. The van der Waals surface area contributed by atoms with Crippen molar-refractivity contribution in [2.45, 2.75) is 50.6 Å². The maximum atomic E-state index is 5.99. The molecule has 0 saturated heterocycles. The van der Waals surface area contributed by atoms with Gasteiger partial charge in [0.05, 0.1) is 6.61 Å². The quantitative estimate of drug-likeness (QED) is 0.380. The summed E-state index contributed by atoms with van der Waals surface area (Å²) in [6.45, 7) is 8.97. The molecule has 0 amide bonds. The van der Waals surface area contributed by atoms with Crippen LogP contribution in [0.15, 0.2) is 58.6 Å². The predicted molar refractivity (Wildman–Crippen MR) is 112 cm³/mol. The molecular weight excluding hydrogens is 352 g/mol. The number of hydrogen-bond acceptors (Lipinski definition) is 4. The predicted octanol–water partition coefficient (Wildman–Crippen LogP) is 5.87. The normalized spacial score (nSPS) is 10.8. The van der Waals surface area contributed by atoms with E-state index in [0.29, 0.717) is 0 Å². The van der Waals surface area contributed by atoms with E-state index in [1.807, 2.05) is 26.0 Å². The number of benzene rings is 2. The van der Waals surface area contributed by atoms with E-state index in [4.69, 9.17) is 4.74 Å². The van der Waals surface area contributed by atoms with Crippen molar-refractivity contribution in [2.24, 2.45) is 0 Å². The van der Waals surface area contributed by atoms with Gasteiger partial charge in [0.2, 0.25) is 0 Å². The lowest BCUT2D eigenvalue weighted by Crippen LogP contribution is -2.01. The number of nitrogens with zero attached hydrogens (tertiary/aromatic N) is 2. The molecule has 0 unspecified atom stereocenters. The highest BCUT2D eigenvalue weighted by Gasteiger charge is 2.10. The van der Waals surface area contributed by atoms with Gasteiger partial charge in [-0.1, -0.05) is 30.3 Å². The zero-order chi connectivity index (χ0) is 19.2. The largest absolute Gasteiger partial charge is 0.494 e. The van der Waals surface area contributed by atoms with Crippen molar-refractivity contribution in [3.8, 4) is 5.75 Å². The molecule has 3 nitrogen and oxygen atoms in total. The summed E-state index contributed by atoms with van der Waals surface area (Å²) in [4.78, 5) is 10.3. The Morgan fingerprint density at radius 2 is 1.48 bits per heavy atom. The monoisotopic (exact) mass is 378 g/mol. The molecule has 0 radical (unpaired) electrons. The lowest BCUT2D eigenvalue weighted by molar-refractivity contribution is 0.310. The SMILES string of the molecule is Cc1cc(C)nc(Sc2c(C)cc(OCCCc3ccccc3)cc2C)n1. The molecule has 0 aliphatic heterocycles. The van der Waals surface area contributed by atoms with Crippen molar-refractivity contribution in [1.82, 2.24) is 9.97 Å². The Morgan fingerprint density at radius 3 is 2.11 bits per heavy atom. The van der Waals surface area contributed by atoms with Gasteiger partial charge in [0.25, 0.3) is 0 Å². The van der Waals surface area contributed by atoms with Gasteiger partial charge >= 0.3 is 0 Å². The lowest BCUT2D eigenvalue weighted by atomic mass is 10.1. The molecule has 27 heavy (non-hydrogen) atoms. The summed E-state index contributed by atoms with van der Waals surface area (Å²) in [5, 5.41) is 0.801. The second-order valence-electron chi connectivity index (χ2n) is 6.86. The molecular formula is C23H26N2OS. The highest BCUT2D eigenvalue weighted by Crippen LogP contribution is 2.34. The third-order valence-corrected chi connectivity index (χ3v) is 5.52. The minimum atomic E-state index is 0.723. The van der Waals surface area contributed by atoms with E-state index >= 15 is 0 Å². The van der Waals surface area contributed by atoms with Gasteiger partial charge in [-0.3, -0.25) is 0 Å². The third kappa shape index (κ3) is 5.57.